The molecule has 0 saturated carbocycles. The number of nitrogens with two attached hydrogens (primary N) is 1. The number of hydrogen-bond acceptors (Lipinski definition) is 8. The maximum absolute atomic E-state index is 6.16. The number of piperazine rings is 1. The Morgan fingerprint density at radius 1 is 1.15 bits per heavy atom. The van der Waals surface area contributed by atoms with Gasteiger partial charge in [-0.1, -0.05) is 6.92 Å². The van der Waals surface area contributed by atoms with Gasteiger partial charge in [0.05, 0.1) is 17.6 Å². The molecule has 2 aliphatic heterocycles. The highest BCUT2D eigenvalue weighted by Gasteiger charge is 2.22. The van der Waals surface area contributed by atoms with Crippen LogP contribution in [0.25, 0.3) is 11.0 Å². The lowest BCUT2D eigenvalue weighted by Gasteiger charge is -2.34. The maximum atomic E-state index is 6.16. The van der Waals surface area contributed by atoms with Crippen LogP contribution in [0.15, 0.2) is 6.20 Å². The van der Waals surface area contributed by atoms with Crippen molar-refractivity contribution in [1.29, 1.82) is 0 Å². The summed E-state index contributed by atoms with van der Waals surface area (Å²) in [5, 5.41) is 3.61. The highest BCUT2D eigenvalue weighted by molar-refractivity contribution is 5.95. The molecule has 0 radical (unpaired) electrons. The Hall–Kier alpha value is -2.19. The van der Waals surface area contributed by atoms with Crippen LogP contribution in [0.5, 0.6) is 0 Å². The summed E-state index contributed by atoms with van der Waals surface area (Å²) in [5.41, 5.74) is 9.68. The lowest BCUT2D eigenvalue weighted by Crippen LogP contribution is -2.44. The first-order valence-corrected chi connectivity index (χ1v) is 9.88. The van der Waals surface area contributed by atoms with E-state index in [4.69, 9.17) is 20.4 Å². The standard InChI is InChI=1S/C19H29N7O/c1-3-14-19(22-13-4-10-27-11-5-13)24-16-15(12-21-18(20)17(16)23-14)26-8-6-25(2)7-9-26/h12-13H,3-11H2,1-2H3,(H2,20,21)(H,22,24). The number of anilines is 3. The number of likely N-dealkylation sites (N-methyl/N-ethyl adjacent to an activating group) is 1. The number of nitrogen functional groups attached to an aromatic ring is 1. The zero-order chi connectivity index (χ0) is 18.8. The van der Waals surface area contributed by atoms with Crippen molar-refractivity contribution in [3.05, 3.63) is 11.9 Å². The number of rotatable bonds is 4. The molecule has 2 saturated heterocycles. The fourth-order valence-electron chi connectivity index (χ4n) is 3.76. The van der Waals surface area contributed by atoms with E-state index in [1.54, 1.807) is 0 Å². The maximum Gasteiger partial charge on any atom is 0.151 e. The number of pyridine rings is 1. The minimum atomic E-state index is 0.377. The number of hydrogen-bond donors (Lipinski definition) is 2. The summed E-state index contributed by atoms with van der Waals surface area (Å²) in [6, 6.07) is 0.377. The normalized spacial score (nSPS) is 19.6. The number of aryl methyl sites for hydroxylation is 1. The Labute approximate surface area is 160 Å². The molecule has 0 aromatic carbocycles. The molecule has 3 N–H and O–H groups in total. The van der Waals surface area contributed by atoms with Gasteiger partial charge in [-0.3, -0.25) is 0 Å². The number of nitrogens with one attached hydrogen (secondary N) is 1. The molecule has 0 amide bonds. The van der Waals surface area contributed by atoms with Crippen LogP contribution in [0, 0.1) is 0 Å². The van der Waals surface area contributed by atoms with Gasteiger partial charge in [0.25, 0.3) is 0 Å². The predicted molar refractivity (Wildman–Crippen MR) is 108 cm³/mol. The SMILES string of the molecule is CCc1nc2c(N)ncc(N3CCN(C)CC3)c2nc1NC1CCOCC1. The highest BCUT2D eigenvalue weighted by Crippen LogP contribution is 2.30. The Balaban J connectivity index is 1.73. The first-order valence-electron chi connectivity index (χ1n) is 9.88. The monoisotopic (exact) mass is 371 g/mol. The molecule has 8 nitrogen and oxygen atoms in total. The van der Waals surface area contributed by atoms with Gasteiger partial charge >= 0.3 is 0 Å². The fraction of sp³-hybridized carbons (Fsp3) is 0.632. The largest absolute Gasteiger partial charge is 0.382 e. The summed E-state index contributed by atoms with van der Waals surface area (Å²) in [6.07, 6.45) is 4.63. The molecule has 2 aliphatic rings. The van der Waals surface area contributed by atoms with Crippen LogP contribution in [0.3, 0.4) is 0 Å². The van der Waals surface area contributed by atoms with Crippen molar-refractivity contribution in [1.82, 2.24) is 19.9 Å². The second-order valence-electron chi connectivity index (χ2n) is 7.42. The molecular formula is C19H29N7O. The molecule has 4 heterocycles. The summed E-state index contributed by atoms with van der Waals surface area (Å²) in [5.74, 6) is 1.32. The van der Waals surface area contributed by atoms with Crippen LogP contribution in [0.4, 0.5) is 17.3 Å². The molecule has 146 valence electrons. The summed E-state index contributed by atoms with van der Waals surface area (Å²) in [7, 11) is 2.15. The van der Waals surface area contributed by atoms with Crippen molar-refractivity contribution in [3.63, 3.8) is 0 Å². The van der Waals surface area contributed by atoms with Gasteiger partial charge in [-0.15, -0.1) is 0 Å². The fourth-order valence-corrected chi connectivity index (χ4v) is 3.76. The van der Waals surface area contributed by atoms with Crippen molar-refractivity contribution in [2.75, 3.05) is 62.4 Å². The molecule has 0 unspecified atom stereocenters. The van der Waals surface area contributed by atoms with Gasteiger partial charge in [-0.25, -0.2) is 15.0 Å². The van der Waals surface area contributed by atoms with E-state index in [1.807, 2.05) is 6.20 Å². The van der Waals surface area contributed by atoms with Crippen LogP contribution in [-0.4, -0.2) is 72.3 Å². The van der Waals surface area contributed by atoms with Gasteiger partial charge < -0.3 is 25.6 Å². The summed E-state index contributed by atoms with van der Waals surface area (Å²) in [6.45, 7) is 7.65. The molecule has 2 aromatic heterocycles. The van der Waals surface area contributed by atoms with Crippen molar-refractivity contribution in [3.8, 4) is 0 Å². The van der Waals surface area contributed by atoms with Gasteiger partial charge in [0.1, 0.15) is 16.9 Å². The highest BCUT2D eigenvalue weighted by atomic mass is 16.5. The number of ether oxygens (including phenoxy) is 1. The molecule has 0 aliphatic carbocycles. The summed E-state index contributed by atoms with van der Waals surface area (Å²) in [4.78, 5) is 18.9. The van der Waals surface area contributed by atoms with Gasteiger partial charge in [0.2, 0.25) is 0 Å². The van der Waals surface area contributed by atoms with Crippen LogP contribution >= 0.6 is 0 Å². The van der Waals surface area contributed by atoms with E-state index in [0.29, 0.717) is 17.4 Å². The molecule has 2 aromatic rings. The quantitative estimate of drug-likeness (QED) is 0.836. The van der Waals surface area contributed by atoms with E-state index in [0.717, 1.165) is 81.4 Å². The van der Waals surface area contributed by atoms with Gasteiger partial charge in [0.15, 0.2) is 5.82 Å². The average molecular weight is 371 g/mol. The Kier molecular flexibility index (Phi) is 5.27. The zero-order valence-electron chi connectivity index (χ0n) is 16.2. The van der Waals surface area contributed by atoms with E-state index in [2.05, 4.69) is 34.1 Å². The molecule has 0 atom stereocenters. The van der Waals surface area contributed by atoms with Crippen molar-refractivity contribution >= 4 is 28.4 Å². The third-order valence-corrected chi connectivity index (χ3v) is 5.52. The van der Waals surface area contributed by atoms with Crippen molar-refractivity contribution < 1.29 is 4.74 Å². The smallest absolute Gasteiger partial charge is 0.151 e. The average Bonchev–Trinajstić information content (AvgIpc) is 2.70. The first kappa shape index (κ1) is 18.2. The molecule has 4 rings (SSSR count). The zero-order valence-corrected chi connectivity index (χ0v) is 16.2. The molecule has 27 heavy (non-hydrogen) atoms. The van der Waals surface area contributed by atoms with Gasteiger partial charge in [0, 0.05) is 45.4 Å². The van der Waals surface area contributed by atoms with Crippen LogP contribution < -0.4 is 16.0 Å². The Morgan fingerprint density at radius 3 is 2.59 bits per heavy atom. The first-order chi connectivity index (χ1) is 13.2. The van der Waals surface area contributed by atoms with E-state index in [1.165, 1.54) is 0 Å². The summed E-state index contributed by atoms with van der Waals surface area (Å²) >= 11 is 0. The minimum Gasteiger partial charge on any atom is -0.382 e. The minimum absolute atomic E-state index is 0.377. The topological polar surface area (TPSA) is 92.4 Å². The third-order valence-electron chi connectivity index (χ3n) is 5.52. The molecule has 0 spiro atoms. The molecule has 0 bridgehead atoms. The number of aromatic nitrogens is 3. The second-order valence-corrected chi connectivity index (χ2v) is 7.42. The molecule has 8 heteroatoms. The van der Waals surface area contributed by atoms with E-state index >= 15 is 0 Å². The van der Waals surface area contributed by atoms with Crippen LogP contribution in [0.1, 0.15) is 25.5 Å². The van der Waals surface area contributed by atoms with Gasteiger partial charge in [-0.05, 0) is 26.3 Å². The lowest BCUT2D eigenvalue weighted by molar-refractivity contribution is 0.0903. The Bertz CT molecular complexity index is 798. The van der Waals surface area contributed by atoms with Crippen LogP contribution in [-0.2, 0) is 11.2 Å². The predicted octanol–water partition coefficient (Wildman–Crippen LogP) is 1.51. The van der Waals surface area contributed by atoms with E-state index < -0.39 is 0 Å². The van der Waals surface area contributed by atoms with Crippen LogP contribution in [0.2, 0.25) is 0 Å². The van der Waals surface area contributed by atoms with E-state index in [9.17, 15) is 0 Å². The summed E-state index contributed by atoms with van der Waals surface area (Å²) < 4.78 is 5.48. The number of fused-ring (bicyclic) bond motifs is 1. The molecular weight excluding hydrogens is 342 g/mol. The second kappa shape index (κ2) is 7.82. The van der Waals surface area contributed by atoms with Crippen molar-refractivity contribution in [2.24, 2.45) is 0 Å². The lowest BCUT2D eigenvalue weighted by atomic mass is 10.1. The third kappa shape index (κ3) is 3.77. The van der Waals surface area contributed by atoms with Gasteiger partial charge in [-0.2, -0.15) is 0 Å². The van der Waals surface area contributed by atoms with E-state index in [-0.39, 0.29) is 0 Å². The van der Waals surface area contributed by atoms with Crippen molar-refractivity contribution in [2.45, 2.75) is 32.2 Å². The number of nitrogens with zero attached hydrogens (tertiary/aromatic N) is 5. The Morgan fingerprint density at radius 2 is 1.89 bits per heavy atom. The molecule has 2 fully saturated rings.